The Hall–Kier alpha value is -1.85. The second kappa shape index (κ2) is 68.0. The zero-order valence-electron chi connectivity index (χ0n) is 58.3. The molecule has 0 radical (unpaired) electrons. The van der Waals surface area contributed by atoms with Gasteiger partial charge < -0.3 is 40.3 Å². The molecule has 0 aromatic carbocycles. The summed E-state index contributed by atoms with van der Waals surface area (Å²) in [7, 11) is 0. The van der Waals surface area contributed by atoms with Crippen molar-refractivity contribution in [1.82, 2.24) is 5.32 Å². The Morgan fingerprint density at radius 2 is 0.670 bits per heavy atom. The first-order chi connectivity index (χ1) is 43.3. The molecule has 0 spiro atoms. The molecule has 1 aliphatic rings. The van der Waals surface area contributed by atoms with Crippen LogP contribution in [0.4, 0.5) is 0 Å². The molecule has 7 atom stereocenters. The minimum atomic E-state index is -1.57. The van der Waals surface area contributed by atoms with E-state index in [0.29, 0.717) is 6.42 Å². The minimum absolute atomic E-state index is 0.169. The van der Waals surface area contributed by atoms with E-state index in [9.17, 15) is 30.3 Å². The SMILES string of the molecule is CCCCCCC/C=C\C/C=C\C/C=C\CCCCCCCCCCCCCCCCCCCCCCCCC(=O)NC(COC1OC(CO)C(O)C(O)C1O)C(O)/C=C/CCCCCCCCCCCCCCCCCCCCCCCCCCCC. The molecule has 1 amide bonds. The number of unbranched alkanes of at least 4 members (excludes halogenated alkanes) is 53. The topological polar surface area (TPSA) is 149 Å². The number of rotatable bonds is 69. The van der Waals surface area contributed by atoms with E-state index < -0.39 is 49.5 Å². The minimum Gasteiger partial charge on any atom is -0.394 e. The van der Waals surface area contributed by atoms with E-state index in [4.69, 9.17) is 9.47 Å². The van der Waals surface area contributed by atoms with Gasteiger partial charge in [-0.2, -0.15) is 0 Å². The monoisotopic (exact) mass is 1240 g/mol. The molecular weight excluding hydrogens is 1090 g/mol. The van der Waals surface area contributed by atoms with Gasteiger partial charge in [-0.15, -0.1) is 0 Å². The Labute approximate surface area is 545 Å². The molecular formula is C79H149NO8. The number of amides is 1. The van der Waals surface area contributed by atoms with Crippen LogP contribution in [0.5, 0.6) is 0 Å². The largest absolute Gasteiger partial charge is 0.394 e. The third-order valence-electron chi connectivity index (χ3n) is 18.6. The van der Waals surface area contributed by atoms with E-state index in [1.807, 2.05) is 6.08 Å². The molecule has 9 heteroatoms. The number of carbonyl (C=O) groups is 1. The van der Waals surface area contributed by atoms with E-state index in [1.54, 1.807) is 6.08 Å². The predicted molar refractivity (Wildman–Crippen MR) is 378 cm³/mol. The summed E-state index contributed by atoms with van der Waals surface area (Å²) >= 11 is 0. The van der Waals surface area contributed by atoms with Crippen molar-refractivity contribution >= 4 is 5.91 Å². The van der Waals surface area contributed by atoms with Gasteiger partial charge in [-0.05, 0) is 57.8 Å². The zero-order valence-corrected chi connectivity index (χ0v) is 58.3. The van der Waals surface area contributed by atoms with Crippen molar-refractivity contribution in [3.05, 3.63) is 48.6 Å². The van der Waals surface area contributed by atoms with Crippen molar-refractivity contribution in [2.75, 3.05) is 13.2 Å². The number of nitrogens with one attached hydrogen (secondary N) is 1. The van der Waals surface area contributed by atoms with Crippen LogP contribution in [0.3, 0.4) is 0 Å². The smallest absolute Gasteiger partial charge is 0.220 e. The van der Waals surface area contributed by atoms with Gasteiger partial charge in [-0.3, -0.25) is 4.79 Å². The number of aliphatic hydroxyl groups is 5. The summed E-state index contributed by atoms with van der Waals surface area (Å²) in [4.78, 5) is 13.2. The molecule has 88 heavy (non-hydrogen) atoms. The Balaban J connectivity index is 2.07. The van der Waals surface area contributed by atoms with Crippen LogP contribution in [0.25, 0.3) is 0 Å². The average Bonchev–Trinajstić information content (AvgIpc) is 3.29. The Morgan fingerprint density at radius 1 is 0.386 bits per heavy atom. The standard InChI is InChI=1S/C79H149NO8/c1-3-5-7-9-11-13-15-17-19-21-23-25-27-29-31-33-34-35-36-37-38-39-40-41-43-45-47-49-51-53-55-57-59-61-63-65-67-69-75(83)80-72(71-87-79-78(86)77(85)76(84)74(70-81)88-79)73(82)68-66-64-62-60-58-56-54-52-50-48-46-44-42-32-30-28-26-24-22-20-18-16-14-12-10-8-6-4-2/h15,17,21,23,27,29,66,68,72-74,76-79,81-82,84-86H,3-14,16,18-20,22,24-26,28,30-65,67,69-71H2,1-2H3,(H,80,83)/b17-15-,23-21-,29-27-,68-66+. The maximum atomic E-state index is 13.2. The van der Waals surface area contributed by atoms with Crippen LogP contribution >= 0.6 is 0 Å². The summed E-state index contributed by atoms with van der Waals surface area (Å²) in [5.41, 5.74) is 0. The number of hydrogen-bond donors (Lipinski definition) is 6. The number of carbonyl (C=O) groups excluding carboxylic acids is 1. The second-order valence-corrected chi connectivity index (χ2v) is 27.2. The lowest BCUT2D eigenvalue weighted by molar-refractivity contribution is -0.302. The van der Waals surface area contributed by atoms with Crippen molar-refractivity contribution in [1.29, 1.82) is 0 Å². The van der Waals surface area contributed by atoms with E-state index in [2.05, 4.69) is 55.6 Å². The van der Waals surface area contributed by atoms with Gasteiger partial charge in [0.25, 0.3) is 0 Å². The lowest BCUT2D eigenvalue weighted by Gasteiger charge is -2.40. The molecule has 0 saturated carbocycles. The van der Waals surface area contributed by atoms with Gasteiger partial charge in [-0.1, -0.05) is 377 Å². The van der Waals surface area contributed by atoms with Gasteiger partial charge in [0.2, 0.25) is 5.91 Å². The van der Waals surface area contributed by atoms with Gasteiger partial charge in [0.15, 0.2) is 6.29 Å². The lowest BCUT2D eigenvalue weighted by Crippen LogP contribution is -2.60. The van der Waals surface area contributed by atoms with E-state index in [1.165, 1.54) is 321 Å². The van der Waals surface area contributed by atoms with Crippen LogP contribution in [0.2, 0.25) is 0 Å². The number of ether oxygens (including phenoxy) is 2. The van der Waals surface area contributed by atoms with Crippen LogP contribution in [0.15, 0.2) is 48.6 Å². The van der Waals surface area contributed by atoms with Crippen molar-refractivity contribution < 1.29 is 39.8 Å². The van der Waals surface area contributed by atoms with E-state index in [0.717, 1.165) is 51.4 Å². The summed E-state index contributed by atoms with van der Waals surface area (Å²) < 4.78 is 11.3. The number of aliphatic hydroxyl groups excluding tert-OH is 5. The van der Waals surface area contributed by atoms with E-state index in [-0.39, 0.29) is 12.5 Å². The van der Waals surface area contributed by atoms with Gasteiger partial charge in [0.05, 0.1) is 25.4 Å². The van der Waals surface area contributed by atoms with Crippen LogP contribution < -0.4 is 5.32 Å². The molecule has 7 unspecified atom stereocenters. The molecule has 1 aliphatic heterocycles. The predicted octanol–water partition coefficient (Wildman–Crippen LogP) is 21.9. The van der Waals surface area contributed by atoms with Crippen molar-refractivity contribution in [2.45, 2.75) is 436 Å². The molecule has 6 N–H and O–H groups in total. The molecule has 0 aromatic heterocycles. The summed E-state index contributed by atoms with van der Waals surface area (Å²) in [6.07, 6.45) is 86.8. The average molecular weight is 1240 g/mol. The van der Waals surface area contributed by atoms with Crippen molar-refractivity contribution in [3.8, 4) is 0 Å². The normalized spacial score (nSPS) is 18.1. The quantitative estimate of drug-likeness (QED) is 0.0261. The zero-order chi connectivity index (χ0) is 63.5. The number of hydrogen-bond acceptors (Lipinski definition) is 8. The first-order valence-electron chi connectivity index (χ1n) is 38.9. The summed E-state index contributed by atoms with van der Waals surface area (Å²) in [6, 6.07) is -0.806. The molecule has 0 bridgehead atoms. The van der Waals surface area contributed by atoms with Crippen LogP contribution in [0, 0.1) is 0 Å². The maximum Gasteiger partial charge on any atom is 0.220 e. The fourth-order valence-electron chi connectivity index (χ4n) is 12.6. The highest BCUT2D eigenvalue weighted by atomic mass is 16.7. The molecule has 1 rings (SSSR count). The van der Waals surface area contributed by atoms with Crippen LogP contribution in [-0.4, -0.2) is 87.5 Å². The highest BCUT2D eigenvalue weighted by Crippen LogP contribution is 2.24. The molecule has 1 saturated heterocycles. The Kier molecular flexibility index (Phi) is 65.1. The Morgan fingerprint density at radius 3 is 0.989 bits per heavy atom. The van der Waals surface area contributed by atoms with Crippen LogP contribution in [0.1, 0.15) is 393 Å². The number of allylic oxidation sites excluding steroid dienone is 7. The highest BCUT2D eigenvalue weighted by molar-refractivity contribution is 5.76. The van der Waals surface area contributed by atoms with E-state index >= 15 is 0 Å². The fourth-order valence-corrected chi connectivity index (χ4v) is 12.6. The molecule has 0 aliphatic carbocycles. The molecule has 518 valence electrons. The molecule has 1 heterocycles. The second-order valence-electron chi connectivity index (χ2n) is 27.2. The first-order valence-corrected chi connectivity index (χ1v) is 38.9. The summed E-state index contributed by atoms with van der Waals surface area (Å²) in [5, 5.41) is 54.9. The van der Waals surface area contributed by atoms with Gasteiger partial charge in [-0.25, -0.2) is 0 Å². The van der Waals surface area contributed by atoms with Gasteiger partial charge in [0.1, 0.15) is 24.4 Å². The molecule has 1 fully saturated rings. The first kappa shape index (κ1) is 84.2. The molecule has 9 nitrogen and oxygen atoms in total. The fraction of sp³-hybridized carbons (Fsp3) is 0.886. The van der Waals surface area contributed by atoms with Gasteiger partial charge in [0, 0.05) is 6.42 Å². The van der Waals surface area contributed by atoms with Crippen LogP contribution in [-0.2, 0) is 14.3 Å². The van der Waals surface area contributed by atoms with Crippen molar-refractivity contribution in [3.63, 3.8) is 0 Å². The maximum absolute atomic E-state index is 13.2. The third kappa shape index (κ3) is 55.8. The highest BCUT2D eigenvalue weighted by Gasteiger charge is 2.44. The summed E-state index contributed by atoms with van der Waals surface area (Å²) in [6.45, 7) is 3.83. The Bertz CT molecular complexity index is 1530. The molecule has 0 aromatic rings. The third-order valence-corrected chi connectivity index (χ3v) is 18.6. The van der Waals surface area contributed by atoms with Crippen molar-refractivity contribution in [2.24, 2.45) is 0 Å². The lowest BCUT2D eigenvalue weighted by atomic mass is 9.99. The van der Waals surface area contributed by atoms with Gasteiger partial charge >= 0.3 is 0 Å². The summed E-state index contributed by atoms with van der Waals surface area (Å²) in [5.74, 6) is -0.169.